The van der Waals surface area contributed by atoms with E-state index >= 15 is 0 Å². The highest BCUT2D eigenvalue weighted by Gasteiger charge is 2.36. The van der Waals surface area contributed by atoms with E-state index in [2.05, 4.69) is 5.32 Å². The SMILES string of the molecule is NCc1ccc(Cl)cc1CNC(=O)C1CCCN1C(=O)C(N)CCC(=O)N1CCOCC1. The third-order valence-electron chi connectivity index (χ3n) is 6.03. The second kappa shape index (κ2) is 11.6. The number of halogens is 1. The summed E-state index contributed by atoms with van der Waals surface area (Å²) in [5.41, 5.74) is 13.6. The van der Waals surface area contributed by atoms with E-state index in [0.717, 1.165) is 17.5 Å². The fourth-order valence-electron chi connectivity index (χ4n) is 4.15. The Labute approximate surface area is 193 Å². The van der Waals surface area contributed by atoms with Gasteiger partial charge in [-0.25, -0.2) is 0 Å². The lowest BCUT2D eigenvalue weighted by Crippen LogP contribution is -2.51. The van der Waals surface area contributed by atoms with Gasteiger partial charge in [-0.15, -0.1) is 0 Å². The van der Waals surface area contributed by atoms with Crippen LogP contribution >= 0.6 is 11.6 Å². The van der Waals surface area contributed by atoms with Crippen LogP contribution < -0.4 is 16.8 Å². The van der Waals surface area contributed by atoms with Gasteiger partial charge in [0.15, 0.2) is 0 Å². The van der Waals surface area contributed by atoms with Crippen LogP contribution in [0.3, 0.4) is 0 Å². The normalized spacial score (nSPS) is 19.7. The standard InChI is InChI=1S/C22H32ClN5O4/c23-17-4-3-15(13-24)16(12-17)14-26-21(30)19-2-1-7-28(19)22(31)18(25)5-6-20(29)27-8-10-32-11-9-27/h3-4,12,18-19H,1-2,5-11,13-14,24-25H2,(H,26,30). The summed E-state index contributed by atoms with van der Waals surface area (Å²) in [4.78, 5) is 41.3. The number of likely N-dealkylation sites (tertiary alicyclic amines) is 1. The number of hydrogen-bond donors (Lipinski definition) is 3. The molecule has 0 aliphatic carbocycles. The van der Waals surface area contributed by atoms with E-state index in [4.69, 9.17) is 27.8 Å². The number of amides is 3. The van der Waals surface area contributed by atoms with Crippen LogP contribution in [-0.4, -0.2) is 72.5 Å². The van der Waals surface area contributed by atoms with Crippen LogP contribution in [0.5, 0.6) is 0 Å². The summed E-state index contributed by atoms with van der Waals surface area (Å²) >= 11 is 6.06. The van der Waals surface area contributed by atoms with Gasteiger partial charge in [-0.3, -0.25) is 14.4 Å². The van der Waals surface area contributed by atoms with Gasteiger partial charge < -0.3 is 31.3 Å². The van der Waals surface area contributed by atoms with Crippen molar-refractivity contribution in [2.75, 3.05) is 32.8 Å². The number of rotatable bonds is 8. The zero-order valence-electron chi connectivity index (χ0n) is 18.2. The molecule has 32 heavy (non-hydrogen) atoms. The molecule has 0 bridgehead atoms. The molecule has 2 saturated heterocycles. The van der Waals surface area contributed by atoms with E-state index in [-0.39, 0.29) is 37.1 Å². The van der Waals surface area contributed by atoms with Crippen LogP contribution in [0.1, 0.15) is 36.8 Å². The summed E-state index contributed by atoms with van der Waals surface area (Å²) in [7, 11) is 0. The molecule has 9 nitrogen and oxygen atoms in total. The van der Waals surface area contributed by atoms with Gasteiger partial charge >= 0.3 is 0 Å². The highest BCUT2D eigenvalue weighted by atomic mass is 35.5. The van der Waals surface area contributed by atoms with Crippen molar-refractivity contribution in [1.82, 2.24) is 15.1 Å². The molecular weight excluding hydrogens is 434 g/mol. The number of hydrogen-bond acceptors (Lipinski definition) is 6. The predicted octanol–water partition coefficient (Wildman–Crippen LogP) is 0.372. The van der Waals surface area contributed by atoms with Gasteiger partial charge in [0.25, 0.3) is 0 Å². The van der Waals surface area contributed by atoms with Crippen LogP contribution in [0.2, 0.25) is 5.02 Å². The van der Waals surface area contributed by atoms with E-state index < -0.39 is 12.1 Å². The molecule has 176 valence electrons. The van der Waals surface area contributed by atoms with Crippen LogP contribution in [0.4, 0.5) is 0 Å². The predicted molar refractivity (Wildman–Crippen MR) is 121 cm³/mol. The number of carbonyl (C=O) groups is 3. The maximum absolute atomic E-state index is 12.9. The second-order valence-electron chi connectivity index (χ2n) is 8.16. The fraction of sp³-hybridized carbons (Fsp3) is 0.591. The molecule has 10 heteroatoms. The maximum Gasteiger partial charge on any atom is 0.243 e. The zero-order chi connectivity index (χ0) is 23.1. The van der Waals surface area contributed by atoms with Crippen LogP contribution in [0.15, 0.2) is 18.2 Å². The first-order valence-electron chi connectivity index (χ1n) is 11.1. The summed E-state index contributed by atoms with van der Waals surface area (Å²) in [6.45, 7) is 3.29. The van der Waals surface area contributed by atoms with Crippen molar-refractivity contribution < 1.29 is 19.1 Å². The highest BCUT2D eigenvalue weighted by Crippen LogP contribution is 2.20. The van der Waals surface area contributed by atoms with Gasteiger partial charge in [0.2, 0.25) is 17.7 Å². The zero-order valence-corrected chi connectivity index (χ0v) is 19.0. The van der Waals surface area contributed by atoms with Crippen molar-refractivity contribution in [3.8, 4) is 0 Å². The molecule has 0 radical (unpaired) electrons. The molecule has 5 N–H and O–H groups in total. The molecule has 0 saturated carbocycles. The lowest BCUT2D eigenvalue weighted by Gasteiger charge is -2.28. The van der Waals surface area contributed by atoms with Crippen molar-refractivity contribution >= 4 is 29.3 Å². The number of ether oxygens (including phenoxy) is 1. The van der Waals surface area contributed by atoms with Gasteiger partial charge in [-0.1, -0.05) is 17.7 Å². The molecule has 2 heterocycles. The second-order valence-corrected chi connectivity index (χ2v) is 8.60. The molecule has 2 unspecified atom stereocenters. The third kappa shape index (κ3) is 6.19. The molecule has 2 aliphatic rings. The van der Waals surface area contributed by atoms with Crippen LogP contribution in [0, 0.1) is 0 Å². The van der Waals surface area contributed by atoms with Crippen molar-refractivity contribution in [2.24, 2.45) is 11.5 Å². The molecule has 0 spiro atoms. The van der Waals surface area contributed by atoms with Gasteiger partial charge in [0, 0.05) is 44.2 Å². The Kier molecular flexibility index (Phi) is 8.86. The number of nitrogens with one attached hydrogen (secondary N) is 1. The summed E-state index contributed by atoms with van der Waals surface area (Å²) in [5.74, 6) is -0.539. The molecule has 0 aromatic heterocycles. The Morgan fingerprint density at radius 3 is 2.66 bits per heavy atom. The van der Waals surface area contributed by atoms with Crippen LogP contribution in [-0.2, 0) is 32.2 Å². The minimum atomic E-state index is -0.815. The highest BCUT2D eigenvalue weighted by molar-refractivity contribution is 6.30. The number of morpholine rings is 1. The Balaban J connectivity index is 1.52. The molecule has 2 aliphatic heterocycles. The van der Waals surface area contributed by atoms with Gasteiger partial charge in [-0.05, 0) is 42.5 Å². The fourth-order valence-corrected chi connectivity index (χ4v) is 4.34. The Morgan fingerprint density at radius 1 is 1.19 bits per heavy atom. The van der Waals surface area contributed by atoms with E-state index in [0.29, 0.717) is 50.8 Å². The average Bonchev–Trinajstić information content (AvgIpc) is 3.31. The summed E-state index contributed by atoms with van der Waals surface area (Å²) in [6.07, 6.45) is 1.77. The monoisotopic (exact) mass is 465 g/mol. The smallest absolute Gasteiger partial charge is 0.243 e. The molecule has 1 aromatic rings. The average molecular weight is 466 g/mol. The Morgan fingerprint density at radius 2 is 1.94 bits per heavy atom. The lowest BCUT2D eigenvalue weighted by atomic mass is 10.1. The quantitative estimate of drug-likeness (QED) is 0.508. The van der Waals surface area contributed by atoms with Crippen molar-refractivity contribution in [3.05, 3.63) is 34.3 Å². The molecule has 1 aromatic carbocycles. The largest absolute Gasteiger partial charge is 0.378 e. The summed E-state index contributed by atoms with van der Waals surface area (Å²) < 4.78 is 5.25. The Hall–Kier alpha value is -2.20. The van der Waals surface area contributed by atoms with Gasteiger partial charge in [-0.2, -0.15) is 0 Å². The van der Waals surface area contributed by atoms with E-state index in [1.54, 1.807) is 21.9 Å². The molecule has 2 fully saturated rings. The van der Waals surface area contributed by atoms with E-state index in [9.17, 15) is 14.4 Å². The Bertz CT molecular complexity index is 831. The lowest BCUT2D eigenvalue weighted by molar-refractivity contribution is -0.140. The summed E-state index contributed by atoms with van der Waals surface area (Å²) in [5, 5.41) is 3.47. The topological polar surface area (TPSA) is 131 Å². The van der Waals surface area contributed by atoms with Crippen molar-refractivity contribution in [1.29, 1.82) is 0 Å². The van der Waals surface area contributed by atoms with Gasteiger partial charge in [0.1, 0.15) is 6.04 Å². The number of nitrogens with zero attached hydrogens (tertiary/aromatic N) is 2. The first-order chi connectivity index (χ1) is 15.4. The van der Waals surface area contributed by atoms with Crippen molar-refractivity contribution in [2.45, 2.75) is 50.9 Å². The minimum Gasteiger partial charge on any atom is -0.378 e. The van der Waals surface area contributed by atoms with E-state index in [1.807, 2.05) is 6.07 Å². The first kappa shape index (κ1) is 24.4. The molecule has 2 atom stereocenters. The number of carbonyl (C=O) groups excluding carboxylic acids is 3. The van der Waals surface area contributed by atoms with Gasteiger partial charge in [0.05, 0.1) is 19.3 Å². The van der Waals surface area contributed by atoms with E-state index in [1.165, 1.54) is 0 Å². The number of benzene rings is 1. The molecule has 3 amide bonds. The summed E-state index contributed by atoms with van der Waals surface area (Å²) in [6, 6.07) is 4.00. The first-order valence-corrected chi connectivity index (χ1v) is 11.4. The number of nitrogens with two attached hydrogens (primary N) is 2. The minimum absolute atomic E-state index is 0.0236. The molecular formula is C22H32ClN5O4. The maximum atomic E-state index is 12.9. The van der Waals surface area contributed by atoms with Crippen LogP contribution in [0.25, 0.3) is 0 Å². The third-order valence-corrected chi connectivity index (χ3v) is 6.27. The van der Waals surface area contributed by atoms with Crippen molar-refractivity contribution in [3.63, 3.8) is 0 Å². The molecule has 3 rings (SSSR count).